The van der Waals surface area contributed by atoms with Gasteiger partial charge in [0.15, 0.2) is 17.5 Å². The number of anilines is 1. The van der Waals surface area contributed by atoms with Gasteiger partial charge < -0.3 is 29.7 Å². The molecule has 2 N–H and O–H groups in total. The molecule has 1 saturated carbocycles. The number of nitrogens with one attached hydrogen (secondary N) is 2. The molecular formula is C22H37IN4O3. The van der Waals surface area contributed by atoms with E-state index < -0.39 is 0 Å². The zero-order chi connectivity index (χ0) is 20.3. The minimum atomic E-state index is 0. The summed E-state index contributed by atoms with van der Waals surface area (Å²) in [5.74, 6) is 3.18. The highest BCUT2D eigenvalue weighted by Crippen LogP contribution is 2.32. The van der Waals surface area contributed by atoms with Gasteiger partial charge in [0.05, 0.1) is 13.2 Å². The van der Waals surface area contributed by atoms with Gasteiger partial charge in [0, 0.05) is 51.0 Å². The number of rotatable bonds is 11. The van der Waals surface area contributed by atoms with E-state index >= 15 is 0 Å². The van der Waals surface area contributed by atoms with Gasteiger partial charge in [0.25, 0.3) is 0 Å². The van der Waals surface area contributed by atoms with Gasteiger partial charge in [-0.1, -0.05) is 6.92 Å². The lowest BCUT2D eigenvalue weighted by Gasteiger charge is -2.17. The number of likely N-dealkylation sites (N-methyl/N-ethyl adjacent to an activating group) is 1. The van der Waals surface area contributed by atoms with E-state index in [4.69, 9.17) is 19.2 Å². The Morgan fingerprint density at radius 2 is 2.03 bits per heavy atom. The van der Waals surface area contributed by atoms with Crippen LogP contribution in [0.15, 0.2) is 23.2 Å². The fourth-order valence-electron chi connectivity index (χ4n) is 2.93. The highest BCUT2D eigenvalue weighted by Gasteiger charge is 2.20. The predicted octanol–water partition coefficient (Wildman–Crippen LogP) is 3.59. The summed E-state index contributed by atoms with van der Waals surface area (Å²) in [6.07, 6.45) is 4.49. The maximum atomic E-state index is 5.80. The second-order valence-electron chi connectivity index (χ2n) is 7.76. The third-order valence-corrected chi connectivity index (χ3v) is 5.10. The van der Waals surface area contributed by atoms with E-state index in [2.05, 4.69) is 29.5 Å². The summed E-state index contributed by atoms with van der Waals surface area (Å²) in [4.78, 5) is 7.00. The number of guanidine groups is 1. The molecule has 170 valence electrons. The normalized spacial score (nSPS) is 16.0. The molecule has 1 aromatic carbocycles. The minimum absolute atomic E-state index is 0. The summed E-state index contributed by atoms with van der Waals surface area (Å²) in [6, 6.07) is 5.94. The van der Waals surface area contributed by atoms with Crippen molar-refractivity contribution in [1.82, 2.24) is 10.2 Å². The molecule has 0 saturated heterocycles. The maximum absolute atomic E-state index is 5.80. The molecule has 3 rings (SSSR count). The lowest BCUT2D eigenvalue weighted by atomic mass is 10.2. The van der Waals surface area contributed by atoms with Gasteiger partial charge in [-0.2, -0.15) is 0 Å². The number of ether oxygens (including phenoxy) is 3. The molecule has 1 aliphatic heterocycles. The Bertz CT molecular complexity index is 655. The average molecular weight is 532 g/mol. The maximum Gasteiger partial charge on any atom is 0.195 e. The van der Waals surface area contributed by atoms with E-state index in [0.29, 0.717) is 13.2 Å². The van der Waals surface area contributed by atoms with Crippen molar-refractivity contribution in [3.8, 4) is 11.5 Å². The molecule has 30 heavy (non-hydrogen) atoms. The third kappa shape index (κ3) is 9.26. The molecule has 0 atom stereocenters. The van der Waals surface area contributed by atoms with Crippen LogP contribution in [-0.2, 0) is 4.74 Å². The predicted molar refractivity (Wildman–Crippen MR) is 133 cm³/mol. The first-order valence-corrected chi connectivity index (χ1v) is 11.0. The largest absolute Gasteiger partial charge is 0.490 e. The van der Waals surface area contributed by atoms with E-state index in [1.165, 1.54) is 12.8 Å². The summed E-state index contributed by atoms with van der Waals surface area (Å²) < 4.78 is 17.2. The Morgan fingerprint density at radius 1 is 1.23 bits per heavy atom. The molecule has 1 aliphatic carbocycles. The van der Waals surface area contributed by atoms with Gasteiger partial charge in [-0.25, -0.2) is 0 Å². The quantitative estimate of drug-likeness (QED) is 0.197. The SMILES string of the molecule is CCN(C)CCNC(=NCCCOCC1CC1)Nc1ccc2c(c1)OCCCO2.I. The van der Waals surface area contributed by atoms with Crippen LogP contribution in [-0.4, -0.2) is 70.5 Å². The first-order chi connectivity index (χ1) is 14.2. The number of hydrogen-bond acceptors (Lipinski definition) is 5. The fraction of sp³-hybridized carbons (Fsp3) is 0.682. The second-order valence-corrected chi connectivity index (χ2v) is 7.76. The van der Waals surface area contributed by atoms with Gasteiger partial charge in [-0.15, -0.1) is 24.0 Å². The summed E-state index contributed by atoms with van der Waals surface area (Å²) >= 11 is 0. The molecular weight excluding hydrogens is 495 g/mol. The molecule has 0 bridgehead atoms. The topological polar surface area (TPSA) is 67.4 Å². The molecule has 1 heterocycles. The van der Waals surface area contributed by atoms with Crippen LogP contribution in [0.25, 0.3) is 0 Å². The number of benzene rings is 1. The van der Waals surface area contributed by atoms with E-state index in [-0.39, 0.29) is 24.0 Å². The molecule has 0 unspecified atom stereocenters. The Labute approximate surface area is 197 Å². The number of nitrogens with zero attached hydrogens (tertiary/aromatic N) is 2. The number of aliphatic imine (C=N–C) groups is 1. The number of halogens is 1. The van der Waals surface area contributed by atoms with Crippen LogP contribution in [0.4, 0.5) is 5.69 Å². The highest BCUT2D eigenvalue weighted by molar-refractivity contribution is 14.0. The summed E-state index contributed by atoms with van der Waals surface area (Å²) in [6.45, 7) is 8.77. The Hall–Kier alpha value is -1.26. The molecule has 0 amide bonds. The molecule has 7 nitrogen and oxygen atoms in total. The van der Waals surface area contributed by atoms with Crippen LogP contribution < -0.4 is 20.1 Å². The van der Waals surface area contributed by atoms with Crippen LogP contribution in [0.5, 0.6) is 11.5 Å². The Morgan fingerprint density at radius 3 is 2.80 bits per heavy atom. The van der Waals surface area contributed by atoms with Gasteiger partial charge in [0.1, 0.15) is 0 Å². The van der Waals surface area contributed by atoms with Crippen molar-refractivity contribution in [3.63, 3.8) is 0 Å². The smallest absolute Gasteiger partial charge is 0.195 e. The summed E-state index contributed by atoms with van der Waals surface area (Å²) in [5.41, 5.74) is 0.939. The Balaban J connectivity index is 0.00000320. The summed E-state index contributed by atoms with van der Waals surface area (Å²) in [7, 11) is 2.12. The molecule has 0 spiro atoms. The van der Waals surface area contributed by atoms with Crippen LogP contribution >= 0.6 is 24.0 Å². The fourth-order valence-corrected chi connectivity index (χ4v) is 2.93. The first kappa shape index (κ1) is 25.0. The zero-order valence-corrected chi connectivity index (χ0v) is 20.7. The molecule has 1 aromatic rings. The van der Waals surface area contributed by atoms with Crippen molar-refractivity contribution in [1.29, 1.82) is 0 Å². The van der Waals surface area contributed by atoms with E-state index in [0.717, 1.165) is 81.3 Å². The molecule has 2 aliphatic rings. The van der Waals surface area contributed by atoms with E-state index in [9.17, 15) is 0 Å². The van der Waals surface area contributed by atoms with Crippen molar-refractivity contribution in [2.24, 2.45) is 10.9 Å². The van der Waals surface area contributed by atoms with E-state index in [1.54, 1.807) is 0 Å². The van der Waals surface area contributed by atoms with E-state index in [1.807, 2.05) is 18.2 Å². The van der Waals surface area contributed by atoms with Gasteiger partial charge >= 0.3 is 0 Å². The van der Waals surface area contributed by atoms with Crippen LogP contribution in [0.1, 0.15) is 32.6 Å². The van der Waals surface area contributed by atoms with Crippen molar-refractivity contribution < 1.29 is 14.2 Å². The minimum Gasteiger partial charge on any atom is -0.490 e. The lowest BCUT2D eigenvalue weighted by Crippen LogP contribution is -2.37. The highest BCUT2D eigenvalue weighted by atomic mass is 127. The monoisotopic (exact) mass is 532 g/mol. The van der Waals surface area contributed by atoms with Gasteiger partial charge in [0.2, 0.25) is 0 Å². The van der Waals surface area contributed by atoms with Crippen molar-refractivity contribution >= 4 is 35.6 Å². The van der Waals surface area contributed by atoms with Gasteiger partial charge in [-0.3, -0.25) is 4.99 Å². The average Bonchev–Trinajstić information content (AvgIpc) is 3.57. The standard InChI is InChI=1S/C22H36N4O3.HI/c1-3-26(2)12-11-24-22(23-10-4-13-27-17-18-6-7-18)25-19-8-9-20-21(16-19)29-15-5-14-28-20;/h8-9,16,18H,3-7,10-15,17H2,1-2H3,(H2,23,24,25);1H. The van der Waals surface area contributed by atoms with Crippen molar-refractivity contribution in [2.75, 3.05) is 65.0 Å². The van der Waals surface area contributed by atoms with Crippen LogP contribution in [0.2, 0.25) is 0 Å². The third-order valence-electron chi connectivity index (χ3n) is 5.10. The lowest BCUT2D eigenvalue weighted by molar-refractivity contribution is 0.123. The van der Waals surface area contributed by atoms with Gasteiger partial charge in [-0.05, 0) is 50.9 Å². The number of hydrogen-bond donors (Lipinski definition) is 2. The molecule has 0 radical (unpaired) electrons. The molecule has 8 heteroatoms. The van der Waals surface area contributed by atoms with Crippen LogP contribution in [0, 0.1) is 5.92 Å². The van der Waals surface area contributed by atoms with Crippen LogP contribution in [0.3, 0.4) is 0 Å². The molecule has 0 aromatic heterocycles. The second kappa shape index (κ2) is 13.9. The van der Waals surface area contributed by atoms with Crippen molar-refractivity contribution in [3.05, 3.63) is 18.2 Å². The Kier molecular flexibility index (Phi) is 11.6. The number of fused-ring (bicyclic) bond motifs is 1. The summed E-state index contributed by atoms with van der Waals surface area (Å²) in [5, 5.41) is 6.83. The zero-order valence-electron chi connectivity index (χ0n) is 18.3. The first-order valence-electron chi connectivity index (χ1n) is 11.0. The van der Waals surface area contributed by atoms with Crippen molar-refractivity contribution in [2.45, 2.75) is 32.6 Å². The molecule has 1 fully saturated rings.